The van der Waals surface area contributed by atoms with E-state index in [0.29, 0.717) is 12.5 Å². The molecule has 5 heteroatoms. The molecule has 2 aliphatic rings. The monoisotopic (exact) mass is 339 g/mol. The Kier molecular flexibility index (Phi) is 9.91. The summed E-state index contributed by atoms with van der Waals surface area (Å²) in [6.07, 6.45) is 13.1. The molecule has 24 heavy (non-hydrogen) atoms. The first-order valence-corrected chi connectivity index (χ1v) is 9.09. The predicted molar refractivity (Wildman–Crippen MR) is 99.4 cm³/mol. The van der Waals surface area contributed by atoms with E-state index in [1.165, 1.54) is 12.8 Å². The van der Waals surface area contributed by atoms with Crippen LogP contribution in [0.15, 0.2) is 35.6 Å². The predicted octanol–water partition coefficient (Wildman–Crippen LogP) is 2.95. The van der Waals surface area contributed by atoms with E-state index >= 15 is 0 Å². The topological polar surface area (TPSA) is 73.3 Å². The van der Waals surface area contributed by atoms with Gasteiger partial charge >= 0.3 is 0 Å². The molecule has 1 fully saturated rings. The lowest BCUT2D eigenvalue weighted by Gasteiger charge is -2.30. The van der Waals surface area contributed by atoms with Gasteiger partial charge in [0.1, 0.15) is 6.67 Å². The molecule has 0 radical (unpaired) electrons. The number of nitrogens with two attached hydrogens (primary N) is 2. The molecule has 2 aliphatic carbocycles. The van der Waals surface area contributed by atoms with Gasteiger partial charge in [0.15, 0.2) is 0 Å². The quantitative estimate of drug-likeness (QED) is 0.695. The van der Waals surface area contributed by atoms with Crippen molar-refractivity contribution in [3.63, 3.8) is 0 Å². The van der Waals surface area contributed by atoms with Gasteiger partial charge in [0.05, 0.1) is 12.1 Å². The summed E-state index contributed by atoms with van der Waals surface area (Å²) in [6, 6.07) is -0.0910. The Morgan fingerprint density at radius 1 is 1.29 bits per heavy atom. The molecule has 0 saturated heterocycles. The van der Waals surface area contributed by atoms with Gasteiger partial charge in [-0.2, -0.15) is 0 Å². The molecule has 0 aromatic heterocycles. The van der Waals surface area contributed by atoms with E-state index in [4.69, 9.17) is 16.2 Å². The van der Waals surface area contributed by atoms with Crippen LogP contribution in [-0.4, -0.2) is 38.0 Å². The van der Waals surface area contributed by atoms with E-state index < -0.39 is 12.7 Å². The maximum absolute atomic E-state index is 12.8. The minimum Gasteiger partial charge on any atom is -0.381 e. The van der Waals surface area contributed by atoms with Gasteiger partial charge in [-0.05, 0) is 37.0 Å². The first-order valence-electron chi connectivity index (χ1n) is 9.09. The standard InChI is InChI=1S/C17H28FN3O.C2H6/c1-22-17(15(20)11-18)12-5-4-6-13(10-9-12)21-16-8-3-2-7-14(16)19;1-2/h4,6,9-10,14-17,21H,2-3,5,7-8,11,19-20H2,1H3;1-2H3. The molecule has 2 rings (SSSR count). The van der Waals surface area contributed by atoms with Crippen molar-refractivity contribution in [3.8, 4) is 0 Å². The van der Waals surface area contributed by atoms with Crippen molar-refractivity contribution in [3.05, 3.63) is 35.6 Å². The summed E-state index contributed by atoms with van der Waals surface area (Å²) in [5, 5.41) is 3.53. The highest BCUT2D eigenvalue weighted by atomic mass is 19.1. The van der Waals surface area contributed by atoms with Crippen molar-refractivity contribution in [2.75, 3.05) is 13.8 Å². The highest BCUT2D eigenvalue weighted by Crippen LogP contribution is 2.21. The van der Waals surface area contributed by atoms with E-state index in [9.17, 15) is 4.39 Å². The maximum atomic E-state index is 12.8. The number of rotatable bonds is 6. The number of hydrogen-bond donors (Lipinski definition) is 3. The lowest BCUT2D eigenvalue weighted by atomic mass is 9.91. The summed E-state index contributed by atoms with van der Waals surface area (Å²) in [7, 11) is 1.57. The molecule has 0 heterocycles. The summed E-state index contributed by atoms with van der Waals surface area (Å²) in [5.41, 5.74) is 14.0. The van der Waals surface area contributed by atoms with Gasteiger partial charge in [-0.3, -0.25) is 0 Å². The fourth-order valence-electron chi connectivity index (χ4n) is 3.18. The molecule has 1 saturated carbocycles. The largest absolute Gasteiger partial charge is 0.381 e. The average molecular weight is 339 g/mol. The van der Waals surface area contributed by atoms with Crippen molar-refractivity contribution in [2.45, 2.75) is 70.2 Å². The Balaban J connectivity index is 0.00000139. The summed E-state index contributed by atoms with van der Waals surface area (Å²) in [4.78, 5) is 0. The van der Waals surface area contributed by atoms with Crippen LogP contribution in [0.4, 0.5) is 4.39 Å². The summed E-state index contributed by atoms with van der Waals surface area (Å²) in [6.45, 7) is 3.41. The van der Waals surface area contributed by atoms with Gasteiger partial charge in [0.25, 0.3) is 0 Å². The number of halogens is 1. The SMILES string of the molecule is CC.COC(C1=CC=C(NC2CCCCC2N)C=CC1)C(N)CF. The summed E-state index contributed by atoms with van der Waals surface area (Å²) >= 11 is 0. The number of alkyl halides is 1. The molecule has 0 spiro atoms. The smallest absolute Gasteiger partial charge is 0.107 e. The minimum absolute atomic E-state index is 0.210. The number of nitrogens with one attached hydrogen (secondary N) is 1. The Labute approximate surface area is 146 Å². The van der Waals surface area contributed by atoms with Crippen LogP contribution in [0, 0.1) is 0 Å². The van der Waals surface area contributed by atoms with Gasteiger partial charge in [-0.1, -0.05) is 38.8 Å². The van der Waals surface area contributed by atoms with Gasteiger partial charge in [0.2, 0.25) is 0 Å². The third kappa shape index (κ3) is 6.04. The second-order valence-corrected chi connectivity index (χ2v) is 6.14. The number of methoxy groups -OCH3 is 1. The Bertz CT molecular complexity index is 448. The van der Waals surface area contributed by atoms with Crippen LogP contribution >= 0.6 is 0 Å². The summed E-state index contributed by atoms with van der Waals surface area (Å²) in [5.74, 6) is 0. The van der Waals surface area contributed by atoms with Crippen molar-refractivity contribution < 1.29 is 9.13 Å². The van der Waals surface area contributed by atoms with E-state index in [-0.39, 0.29) is 12.1 Å². The van der Waals surface area contributed by atoms with Crippen molar-refractivity contribution in [1.29, 1.82) is 0 Å². The minimum atomic E-state index is -0.626. The van der Waals surface area contributed by atoms with Gasteiger partial charge < -0.3 is 21.5 Å². The number of ether oxygens (including phenoxy) is 1. The zero-order chi connectivity index (χ0) is 17.9. The van der Waals surface area contributed by atoms with Gasteiger partial charge in [-0.15, -0.1) is 0 Å². The second-order valence-electron chi connectivity index (χ2n) is 6.14. The van der Waals surface area contributed by atoms with Crippen LogP contribution in [0.25, 0.3) is 0 Å². The first kappa shape index (κ1) is 20.9. The molecule has 4 unspecified atom stereocenters. The maximum Gasteiger partial charge on any atom is 0.107 e. The molecule has 4 nitrogen and oxygen atoms in total. The molecule has 4 atom stereocenters. The first-order chi connectivity index (χ1) is 11.7. The van der Waals surface area contributed by atoms with Crippen molar-refractivity contribution >= 4 is 0 Å². The molecular formula is C19H34FN3O. The van der Waals surface area contributed by atoms with Crippen molar-refractivity contribution in [2.24, 2.45) is 11.5 Å². The molecule has 0 aromatic carbocycles. The van der Waals surface area contributed by atoms with Gasteiger partial charge in [-0.25, -0.2) is 4.39 Å². The molecule has 0 amide bonds. The van der Waals surface area contributed by atoms with Crippen LogP contribution < -0.4 is 16.8 Å². The fourth-order valence-corrected chi connectivity index (χ4v) is 3.18. The molecule has 138 valence electrons. The lowest BCUT2D eigenvalue weighted by Crippen LogP contribution is -2.46. The van der Waals surface area contributed by atoms with Crippen molar-refractivity contribution in [1.82, 2.24) is 5.32 Å². The van der Waals surface area contributed by atoms with E-state index in [0.717, 1.165) is 24.1 Å². The molecule has 5 N–H and O–H groups in total. The third-order valence-corrected chi connectivity index (χ3v) is 4.49. The average Bonchev–Trinajstić information content (AvgIpc) is 2.85. The Morgan fingerprint density at radius 2 is 2.00 bits per heavy atom. The molecule has 0 aliphatic heterocycles. The second kappa shape index (κ2) is 11.4. The lowest BCUT2D eigenvalue weighted by molar-refractivity contribution is 0.0983. The van der Waals surface area contributed by atoms with Crippen LogP contribution in [0.3, 0.4) is 0 Å². The van der Waals surface area contributed by atoms with Crippen LogP contribution in [0.1, 0.15) is 46.0 Å². The van der Waals surface area contributed by atoms with Crippen LogP contribution in [-0.2, 0) is 4.74 Å². The Hall–Kier alpha value is -1.17. The van der Waals surface area contributed by atoms with Crippen LogP contribution in [0.5, 0.6) is 0 Å². The molecular weight excluding hydrogens is 305 g/mol. The van der Waals surface area contributed by atoms with E-state index in [2.05, 4.69) is 17.5 Å². The highest BCUT2D eigenvalue weighted by Gasteiger charge is 2.23. The number of allylic oxidation sites excluding steroid dienone is 4. The Morgan fingerprint density at radius 3 is 2.62 bits per heavy atom. The molecule has 0 aromatic rings. The normalized spacial score (nSPS) is 26.2. The number of hydrogen-bond acceptors (Lipinski definition) is 4. The van der Waals surface area contributed by atoms with Crippen LogP contribution in [0.2, 0.25) is 0 Å². The zero-order valence-corrected chi connectivity index (χ0v) is 15.3. The van der Waals surface area contributed by atoms with Gasteiger partial charge in [0, 0.05) is 24.9 Å². The fraction of sp³-hybridized carbons (Fsp3) is 0.684. The zero-order valence-electron chi connectivity index (χ0n) is 15.3. The summed E-state index contributed by atoms with van der Waals surface area (Å²) < 4.78 is 18.2. The molecule has 0 bridgehead atoms. The van der Waals surface area contributed by atoms with E-state index in [1.807, 2.05) is 26.0 Å². The highest BCUT2D eigenvalue weighted by molar-refractivity contribution is 5.32. The third-order valence-electron chi connectivity index (χ3n) is 4.49. The van der Waals surface area contributed by atoms with E-state index in [1.54, 1.807) is 7.11 Å².